The smallest absolute Gasteiger partial charge is 0.268 e. The molecule has 1 heterocycles. The predicted molar refractivity (Wildman–Crippen MR) is 93.9 cm³/mol. The van der Waals surface area contributed by atoms with E-state index >= 15 is 0 Å². The van der Waals surface area contributed by atoms with Gasteiger partial charge in [-0.2, -0.15) is 0 Å². The van der Waals surface area contributed by atoms with Crippen LogP contribution in [0.15, 0.2) is 65.6 Å². The molecule has 23 heavy (non-hydrogen) atoms. The van der Waals surface area contributed by atoms with E-state index in [4.69, 9.17) is 0 Å². The van der Waals surface area contributed by atoms with Gasteiger partial charge in [0.1, 0.15) is 0 Å². The van der Waals surface area contributed by atoms with Gasteiger partial charge in [-0.1, -0.05) is 60.7 Å². The number of thioether (sulfide) groups is 1. The molecular formula is C19H17NO2S. The molecule has 2 amide bonds. The monoisotopic (exact) mass is 323 g/mol. The van der Waals surface area contributed by atoms with E-state index in [0.29, 0.717) is 11.4 Å². The fourth-order valence-electron chi connectivity index (χ4n) is 2.48. The van der Waals surface area contributed by atoms with E-state index in [0.717, 1.165) is 30.2 Å². The van der Waals surface area contributed by atoms with Gasteiger partial charge in [-0.3, -0.25) is 14.5 Å². The number of rotatable bonds is 5. The summed E-state index contributed by atoms with van der Waals surface area (Å²) in [7, 11) is 0. The van der Waals surface area contributed by atoms with Crippen molar-refractivity contribution in [3.05, 3.63) is 76.7 Å². The third-order valence-electron chi connectivity index (χ3n) is 3.66. The first kappa shape index (κ1) is 15.6. The summed E-state index contributed by atoms with van der Waals surface area (Å²) >= 11 is 1.02. The summed E-state index contributed by atoms with van der Waals surface area (Å²) in [5.74, 6) is -0.183. The first-order valence-electron chi connectivity index (χ1n) is 7.58. The zero-order chi connectivity index (χ0) is 16.1. The Labute approximate surface area is 140 Å². The van der Waals surface area contributed by atoms with Crippen LogP contribution in [0.4, 0.5) is 4.79 Å². The molecule has 116 valence electrons. The largest absolute Gasteiger partial charge is 0.293 e. The number of aryl methyl sites for hydroxylation is 1. The highest BCUT2D eigenvalue weighted by molar-refractivity contribution is 8.18. The number of carbonyl (C=O) groups is 2. The second-order valence-corrected chi connectivity index (χ2v) is 6.33. The highest BCUT2D eigenvalue weighted by atomic mass is 32.2. The first-order valence-corrected chi connectivity index (χ1v) is 8.40. The third kappa shape index (κ3) is 3.90. The lowest BCUT2D eigenvalue weighted by Crippen LogP contribution is -2.29. The molecule has 3 nitrogen and oxygen atoms in total. The molecule has 1 saturated heterocycles. The molecule has 4 heteroatoms. The van der Waals surface area contributed by atoms with Gasteiger partial charge in [-0.25, -0.2) is 0 Å². The fourth-order valence-corrected chi connectivity index (χ4v) is 3.34. The second kappa shape index (κ2) is 7.29. The van der Waals surface area contributed by atoms with Crippen molar-refractivity contribution >= 4 is 29.0 Å². The van der Waals surface area contributed by atoms with Crippen LogP contribution in [0.1, 0.15) is 17.5 Å². The quantitative estimate of drug-likeness (QED) is 0.767. The highest BCUT2D eigenvalue weighted by Crippen LogP contribution is 2.32. The molecule has 2 aromatic rings. The number of carbonyl (C=O) groups excluding carboxylic acids is 2. The van der Waals surface area contributed by atoms with Gasteiger partial charge in [-0.15, -0.1) is 0 Å². The van der Waals surface area contributed by atoms with Crippen molar-refractivity contribution in [2.45, 2.75) is 12.8 Å². The minimum atomic E-state index is -0.183. The van der Waals surface area contributed by atoms with Gasteiger partial charge in [-0.05, 0) is 41.8 Å². The van der Waals surface area contributed by atoms with Gasteiger partial charge in [0.25, 0.3) is 11.1 Å². The molecule has 0 aliphatic carbocycles. The zero-order valence-corrected chi connectivity index (χ0v) is 13.5. The highest BCUT2D eigenvalue weighted by Gasteiger charge is 2.34. The summed E-state index contributed by atoms with van der Waals surface area (Å²) in [6, 6.07) is 19.7. The summed E-state index contributed by atoms with van der Waals surface area (Å²) in [6.45, 7) is 0.464. The topological polar surface area (TPSA) is 37.4 Å². The van der Waals surface area contributed by atoms with E-state index in [1.54, 1.807) is 6.08 Å². The van der Waals surface area contributed by atoms with E-state index in [-0.39, 0.29) is 11.1 Å². The Morgan fingerprint density at radius 1 is 0.913 bits per heavy atom. The molecule has 1 aliphatic heterocycles. The van der Waals surface area contributed by atoms with E-state index < -0.39 is 0 Å². The average molecular weight is 323 g/mol. The van der Waals surface area contributed by atoms with Crippen LogP contribution in [0.25, 0.3) is 6.08 Å². The van der Waals surface area contributed by atoms with Gasteiger partial charge in [0.15, 0.2) is 0 Å². The van der Waals surface area contributed by atoms with E-state index in [2.05, 4.69) is 12.1 Å². The minimum Gasteiger partial charge on any atom is -0.268 e. The van der Waals surface area contributed by atoms with Crippen LogP contribution in [0, 0.1) is 0 Å². The molecule has 0 atom stereocenters. The SMILES string of the molecule is O=C1S/C(=C/c2ccccc2)C(=O)N1CCCc1ccccc1. The second-order valence-electron chi connectivity index (χ2n) is 5.33. The summed E-state index contributed by atoms with van der Waals surface area (Å²) in [4.78, 5) is 26.3. The molecule has 2 aromatic carbocycles. The van der Waals surface area contributed by atoms with Crippen LogP contribution in [0.3, 0.4) is 0 Å². The lowest BCUT2D eigenvalue weighted by atomic mass is 10.1. The van der Waals surface area contributed by atoms with Crippen molar-refractivity contribution in [3.8, 4) is 0 Å². The number of hydrogen-bond donors (Lipinski definition) is 0. The number of nitrogens with zero attached hydrogens (tertiary/aromatic N) is 1. The molecular weight excluding hydrogens is 306 g/mol. The van der Waals surface area contributed by atoms with Crippen LogP contribution >= 0.6 is 11.8 Å². The Bertz CT molecular complexity index is 726. The molecule has 3 rings (SSSR count). The van der Waals surface area contributed by atoms with Crippen LogP contribution < -0.4 is 0 Å². The summed E-state index contributed by atoms with van der Waals surface area (Å²) in [6.07, 6.45) is 3.42. The average Bonchev–Trinajstić information content (AvgIpc) is 2.84. The Hall–Kier alpha value is -2.33. The molecule has 0 spiro atoms. The maximum atomic E-state index is 12.4. The van der Waals surface area contributed by atoms with Crippen molar-refractivity contribution in [1.82, 2.24) is 4.90 Å². The maximum absolute atomic E-state index is 12.4. The molecule has 1 fully saturated rings. The van der Waals surface area contributed by atoms with Crippen LogP contribution in [0.2, 0.25) is 0 Å². The number of benzene rings is 2. The predicted octanol–water partition coefficient (Wildman–Crippen LogP) is 4.36. The van der Waals surface area contributed by atoms with Crippen LogP contribution in [-0.2, 0) is 11.2 Å². The third-order valence-corrected chi connectivity index (χ3v) is 4.57. The Morgan fingerprint density at radius 3 is 2.26 bits per heavy atom. The van der Waals surface area contributed by atoms with Gasteiger partial charge in [0.05, 0.1) is 4.91 Å². The summed E-state index contributed by atoms with van der Waals surface area (Å²) in [5, 5.41) is -0.176. The van der Waals surface area contributed by atoms with Crippen molar-refractivity contribution in [2.75, 3.05) is 6.54 Å². The number of hydrogen-bond acceptors (Lipinski definition) is 3. The Morgan fingerprint density at radius 2 is 1.57 bits per heavy atom. The van der Waals surface area contributed by atoms with E-state index in [1.807, 2.05) is 48.5 Å². The van der Waals surface area contributed by atoms with Crippen molar-refractivity contribution in [2.24, 2.45) is 0 Å². The molecule has 0 aromatic heterocycles. The Kier molecular flexibility index (Phi) is 4.93. The van der Waals surface area contributed by atoms with E-state index in [9.17, 15) is 9.59 Å². The summed E-state index contributed by atoms with van der Waals surface area (Å²) in [5.41, 5.74) is 2.15. The van der Waals surface area contributed by atoms with Crippen molar-refractivity contribution < 1.29 is 9.59 Å². The molecule has 0 saturated carbocycles. The molecule has 0 radical (unpaired) electrons. The van der Waals surface area contributed by atoms with Gasteiger partial charge in [0.2, 0.25) is 0 Å². The first-order chi connectivity index (χ1) is 11.2. The minimum absolute atomic E-state index is 0.176. The molecule has 0 bridgehead atoms. The van der Waals surface area contributed by atoms with Crippen molar-refractivity contribution in [1.29, 1.82) is 0 Å². The van der Waals surface area contributed by atoms with Crippen molar-refractivity contribution in [3.63, 3.8) is 0 Å². The van der Waals surface area contributed by atoms with Crippen LogP contribution in [-0.4, -0.2) is 22.6 Å². The lowest BCUT2D eigenvalue weighted by Gasteiger charge is -2.12. The van der Waals surface area contributed by atoms with Gasteiger partial charge >= 0.3 is 0 Å². The van der Waals surface area contributed by atoms with Crippen LogP contribution in [0.5, 0.6) is 0 Å². The fraction of sp³-hybridized carbons (Fsp3) is 0.158. The number of imide groups is 1. The maximum Gasteiger partial charge on any atom is 0.293 e. The van der Waals surface area contributed by atoms with E-state index in [1.165, 1.54) is 10.5 Å². The van der Waals surface area contributed by atoms with Gasteiger partial charge in [0, 0.05) is 6.54 Å². The standard InChI is InChI=1S/C19H17NO2S/c21-18-17(14-16-10-5-2-6-11-16)23-19(22)20(18)13-7-12-15-8-3-1-4-9-15/h1-6,8-11,14H,7,12-13H2/b17-14+. The molecule has 0 N–H and O–H groups in total. The summed E-state index contributed by atoms with van der Waals surface area (Å²) < 4.78 is 0. The Balaban J connectivity index is 1.62. The zero-order valence-electron chi connectivity index (χ0n) is 12.6. The number of amides is 2. The molecule has 0 unspecified atom stereocenters. The molecule has 1 aliphatic rings. The normalized spacial score (nSPS) is 16.3. The lowest BCUT2D eigenvalue weighted by molar-refractivity contribution is -0.122. The van der Waals surface area contributed by atoms with Gasteiger partial charge < -0.3 is 0 Å².